The van der Waals surface area contributed by atoms with E-state index >= 15 is 0 Å². The highest BCUT2D eigenvalue weighted by Crippen LogP contribution is 2.45. The van der Waals surface area contributed by atoms with Crippen LogP contribution in [0.5, 0.6) is 11.5 Å². The second-order valence-corrected chi connectivity index (χ2v) is 8.62. The molecule has 0 saturated heterocycles. The number of hydrogen-bond donors (Lipinski definition) is 3. The van der Waals surface area contributed by atoms with Crippen molar-refractivity contribution < 1.29 is 33.0 Å². The Labute approximate surface area is 204 Å². The van der Waals surface area contributed by atoms with Gasteiger partial charge >= 0.3 is 6.18 Å². The lowest BCUT2D eigenvalue weighted by Gasteiger charge is -2.20. The minimum atomic E-state index is -4.60. The van der Waals surface area contributed by atoms with E-state index in [-0.39, 0.29) is 22.7 Å². The summed E-state index contributed by atoms with van der Waals surface area (Å²) in [6.07, 6.45) is -4.60. The van der Waals surface area contributed by atoms with Gasteiger partial charge in [-0.2, -0.15) is 18.3 Å². The molecule has 0 spiro atoms. The van der Waals surface area contributed by atoms with Crippen LogP contribution in [0.1, 0.15) is 45.5 Å². The number of phenolic OH excluding ortho intramolecular Hbond substituents is 2. The number of amides is 2. The van der Waals surface area contributed by atoms with Crippen LogP contribution in [-0.4, -0.2) is 27.7 Å². The number of carbonyl (C=O) groups excluding carboxylic acids is 2. The van der Waals surface area contributed by atoms with E-state index < -0.39 is 35.2 Å². The third kappa shape index (κ3) is 4.61. The van der Waals surface area contributed by atoms with Gasteiger partial charge in [-0.15, -0.1) is 0 Å². The van der Waals surface area contributed by atoms with Crippen molar-refractivity contribution in [2.24, 2.45) is 5.10 Å². The minimum absolute atomic E-state index is 0.0851. The highest BCUT2D eigenvalue weighted by Gasteiger charge is 2.42. The number of alkyl halides is 3. The van der Waals surface area contributed by atoms with Crippen LogP contribution in [0.2, 0.25) is 0 Å². The van der Waals surface area contributed by atoms with Gasteiger partial charge in [0.1, 0.15) is 17.4 Å². The minimum Gasteiger partial charge on any atom is -0.508 e. The number of nitrogens with zero attached hydrogens (tertiary/aromatic N) is 2. The summed E-state index contributed by atoms with van der Waals surface area (Å²) < 4.78 is 40.5. The number of fused-ring (bicyclic) bond motifs is 1. The summed E-state index contributed by atoms with van der Waals surface area (Å²) in [5.41, 5.74) is 3.83. The van der Waals surface area contributed by atoms with Crippen LogP contribution in [0.25, 0.3) is 0 Å². The second-order valence-electron chi connectivity index (χ2n) is 8.62. The Hall–Kier alpha value is -4.34. The molecule has 1 heterocycles. The van der Waals surface area contributed by atoms with E-state index in [0.29, 0.717) is 11.3 Å². The van der Waals surface area contributed by atoms with Crippen molar-refractivity contribution >= 4 is 28.9 Å². The van der Waals surface area contributed by atoms with Gasteiger partial charge in [0, 0.05) is 11.8 Å². The fourth-order valence-corrected chi connectivity index (χ4v) is 4.26. The lowest BCUT2D eigenvalue weighted by molar-refractivity contribution is -0.137. The van der Waals surface area contributed by atoms with Crippen molar-refractivity contribution in [2.45, 2.75) is 32.9 Å². The van der Waals surface area contributed by atoms with E-state index in [2.05, 4.69) is 10.5 Å². The molecular weight excluding hydrogens is 475 g/mol. The Balaban J connectivity index is 1.74. The van der Waals surface area contributed by atoms with Gasteiger partial charge in [-0.1, -0.05) is 12.1 Å². The number of phenols is 2. The molecule has 7 nitrogen and oxygen atoms in total. The highest BCUT2D eigenvalue weighted by atomic mass is 19.4. The largest absolute Gasteiger partial charge is 0.508 e. The molecule has 3 N–H and O–H groups in total. The number of nitrogens with one attached hydrogen (secondary N) is 1. The average Bonchev–Trinajstić information content (AvgIpc) is 3.07. The Kier molecular flexibility index (Phi) is 6.21. The van der Waals surface area contributed by atoms with Gasteiger partial charge in [-0.3, -0.25) is 14.5 Å². The van der Waals surface area contributed by atoms with Gasteiger partial charge < -0.3 is 10.2 Å². The number of rotatable bonds is 4. The molecule has 1 unspecified atom stereocenters. The van der Waals surface area contributed by atoms with Gasteiger partial charge in [0.2, 0.25) is 5.91 Å². The van der Waals surface area contributed by atoms with E-state index in [1.807, 2.05) is 19.9 Å². The lowest BCUT2D eigenvalue weighted by Crippen LogP contribution is -2.29. The van der Waals surface area contributed by atoms with Gasteiger partial charge in [0.05, 0.1) is 22.5 Å². The average molecular weight is 497 g/mol. The predicted molar refractivity (Wildman–Crippen MR) is 128 cm³/mol. The first-order chi connectivity index (χ1) is 16.9. The highest BCUT2D eigenvalue weighted by molar-refractivity contribution is 6.22. The number of hydrogen-bond acceptors (Lipinski definition) is 5. The number of carbonyl (C=O) groups is 2. The van der Waals surface area contributed by atoms with Crippen LogP contribution < -0.4 is 10.3 Å². The van der Waals surface area contributed by atoms with E-state index in [4.69, 9.17) is 0 Å². The maximum atomic E-state index is 13.6. The zero-order chi connectivity index (χ0) is 26.4. The number of hydrazone groups is 1. The van der Waals surface area contributed by atoms with Crippen molar-refractivity contribution in [2.75, 3.05) is 4.90 Å². The third-order valence-corrected chi connectivity index (χ3v) is 5.82. The first-order valence-electron chi connectivity index (χ1n) is 10.9. The molecule has 3 aromatic carbocycles. The van der Waals surface area contributed by atoms with Crippen LogP contribution in [-0.2, 0) is 11.0 Å². The number of halogens is 3. The first-order valence-corrected chi connectivity index (χ1v) is 10.9. The van der Waals surface area contributed by atoms with Crippen molar-refractivity contribution in [3.8, 4) is 11.5 Å². The molecular formula is C26H22F3N3O4. The number of benzene rings is 3. The summed E-state index contributed by atoms with van der Waals surface area (Å²) in [6, 6.07) is 11.8. The molecule has 0 aromatic heterocycles. The summed E-state index contributed by atoms with van der Waals surface area (Å²) >= 11 is 0. The van der Waals surface area contributed by atoms with Gasteiger partial charge in [0.25, 0.3) is 5.91 Å². The molecule has 1 aliphatic rings. The third-order valence-electron chi connectivity index (χ3n) is 5.82. The predicted octanol–water partition coefficient (Wildman–Crippen LogP) is 5.30. The molecule has 10 heteroatoms. The summed E-state index contributed by atoms with van der Waals surface area (Å²) in [4.78, 5) is 27.3. The SMILES string of the molecule is CC(=NNC(=O)c1ccc(O)cc1O)C1C(=O)N(c2cc(C)cc(C)c2)c2cc(C(F)(F)F)ccc21. The van der Waals surface area contributed by atoms with Gasteiger partial charge in [-0.05, 0) is 73.9 Å². The Bertz CT molecular complexity index is 1400. The Morgan fingerprint density at radius 3 is 2.28 bits per heavy atom. The molecule has 186 valence electrons. The molecule has 0 radical (unpaired) electrons. The summed E-state index contributed by atoms with van der Waals surface area (Å²) in [7, 11) is 0. The van der Waals surface area contributed by atoms with Crippen LogP contribution in [0.4, 0.5) is 24.5 Å². The zero-order valence-electron chi connectivity index (χ0n) is 19.5. The Morgan fingerprint density at radius 1 is 1.00 bits per heavy atom. The molecule has 4 rings (SSSR count). The fourth-order valence-electron chi connectivity index (χ4n) is 4.26. The number of aryl methyl sites for hydroxylation is 2. The maximum Gasteiger partial charge on any atom is 0.416 e. The summed E-state index contributed by atoms with van der Waals surface area (Å²) in [5.74, 6) is -3.06. The van der Waals surface area contributed by atoms with E-state index in [1.165, 1.54) is 30.0 Å². The molecule has 0 aliphatic carbocycles. The van der Waals surface area contributed by atoms with Crippen LogP contribution in [0.15, 0.2) is 59.7 Å². The molecule has 1 atom stereocenters. The van der Waals surface area contributed by atoms with Gasteiger partial charge in [0.15, 0.2) is 0 Å². The number of aromatic hydroxyl groups is 2. The molecule has 1 aliphatic heterocycles. The quantitative estimate of drug-likeness (QED) is 0.336. The molecule has 0 fully saturated rings. The van der Waals surface area contributed by atoms with Crippen molar-refractivity contribution in [1.29, 1.82) is 0 Å². The zero-order valence-corrected chi connectivity index (χ0v) is 19.5. The topological polar surface area (TPSA) is 102 Å². The lowest BCUT2D eigenvalue weighted by atomic mass is 9.95. The van der Waals surface area contributed by atoms with E-state index in [1.54, 1.807) is 12.1 Å². The second kappa shape index (κ2) is 9.03. The fraction of sp³-hybridized carbons (Fsp3) is 0.192. The van der Waals surface area contributed by atoms with Crippen molar-refractivity contribution in [3.63, 3.8) is 0 Å². The number of anilines is 2. The summed E-state index contributed by atoms with van der Waals surface area (Å²) in [5, 5.41) is 23.3. The monoisotopic (exact) mass is 497 g/mol. The smallest absolute Gasteiger partial charge is 0.416 e. The molecule has 2 amide bonds. The standard InChI is InChI=1S/C26H22F3N3O4/c1-13-8-14(2)10-17(9-13)32-21-11-16(26(27,28)29)4-6-19(21)23(25(32)36)15(3)30-31-24(35)20-7-5-18(33)12-22(20)34/h4-12,23,33-34H,1-3H3,(H,31,35). The Morgan fingerprint density at radius 2 is 1.67 bits per heavy atom. The van der Waals surface area contributed by atoms with E-state index in [0.717, 1.165) is 29.3 Å². The molecule has 36 heavy (non-hydrogen) atoms. The molecule has 0 saturated carbocycles. The van der Waals surface area contributed by atoms with E-state index in [9.17, 15) is 33.0 Å². The van der Waals surface area contributed by atoms with Crippen LogP contribution in [0.3, 0.4) is 0 Å². The van der Waals surface area contributed by atoms with Crippen LogP contribution in [0, 0.1) is 13.8 Å². The summed E-state index contributed by atoms with van der Waals surface area (Å²) in [6.45, 7) is 5.12. The van der Waals surface area contributed by atoms with Crippen LogP contribution >= 0.6 is 0 Å². The van der Waals surface area contributed by atoms with Gasteiger partial charge in [-0.25, -0.2) is 5.43 Å². The molecule has 3 aromatic rings. The van der Waals surface area contributed by atoms with Crippen molar-refractivity contribution in [1.82, 2.24) is 5.43 Å². The normalized spacial score (nSPS) is 15.7. The molecule has 0 bridgehead atoms. The maximum absolute atomic E-state index is 13.6. The van der Waals surface area contributed by atoms with Crippen molar-refractivity contribution in [3.05, 3.63) is 82.4 Å². The first kappa shape index (κ1) is 24.8.